The molecule has 6 nitrogen and oxygen atoms in total. The van der Waals surface area contributed by atoms with E-state index in [2.05, 4.69) is 26.6 Å². The molecule has 1 aromatic carbocycles. The van der Waals surface area contributed by atoms with Gasteiger partial charge in [0.1, 0.15) is 12.4 Å². The lowest BCUT2D eigenvalue weighted by Gasteiger charge is -2.11. The first-order valence-electron chi connectivity index (χ1n) is 7.25. The van der Waals surface area contributed by atoms with Gasteiger partial charge in [-0.2, -0.15) is 5.26 Å². The van der Waals surface area contributed by atoms with Crippen LogP contribution in [0.15, 0.2) is 42.7 Å². The standard InChI is InChI=1S/C17H16N6/c1-12-8-16(15(9-18)13(2)21-12)19-10-17-22-20-11-23(17)14-6-4-3-5-7-14/h3-8,11H,10H2,1-2H3,(H,19,21). The summed E-state index contributed by atoms with van der Waals surface area (Å²) in [4.78, 5) is 4.32. The van der Waals surface area contributed by atoms with E-state index in [0.717, 1.165) is 28.6 Å². The summed E-state index contributed by atoms with van der Waals surface area (Å²) in [7, 11) is 0. The second-order valence-corrected chi connectivity index (χ2v) is 5.19. The van der Waals surface area contributed by atoms with Crippen LogP contribution in [0.5, 0.6) is 0 Å². The molecule has 0 aliphatic rings. The minimum Gasteiger partial charge on any atom is -0.377 e. The Labute approximate surface area is 134 Å². The van der Waals surface area contributed by atoms with E-state index in [1.165, 1.54) is 0 Å². The van der Waals surface area contributed by atoms with Gasteiger partial charge < -0.3 is 5.32 Å². The van der Waals surface area contributed by atoms with Gasteiger partial charge in [-0.15, -0.1) is 10.2 Å². The number of aromatic nitrogens is 4. The maximum absolute atomic E-state index is 9.32. The van der Waals surface area contributed by atoms with Gasteiger partial charge in [-0.25, -0.2) is 0 Å². The summed E-state index contributed by atoms with van der Waals surface area (Å²) >= 11 is 0. The van der Waals surface area contributed by atoms with Crippen LogP contribution in [-0.4, -0.2) is 19.7 Å². The van der Waals surface area contributed by atoms with E-state index in [1.54, 1.807) is 6.33 Å². The van der Waals surface area contributed by atoms with Crippen molar-refractivity contribution < 1.29 is 0 Å². The predicted molar refractivity (Wildman–Crippen MR) is 87.1 cm³/mol. The maximum atomic E-state index is 9.32. The number of nitriles is 1. The van der Waals surface area contributed by atoms with Crippen LogP contribution in [0.1, 0.15) is 22.8 Å². The van der Waals surface area contributed by atoms with E-state index in [-0.39, 0.29) is 0 Å². The molecule has 0 unspecified atom stereocenters. The lowest BCUT2D eigenvalue weighted by Crippen LogP contribution is -2.09. The van der Waals surface area contributed by atoms with Crippen molar-refractivity contribution in [2.24, 2.45) is 0 Å². The van der Waals surface area contributed by atoms with Crippen molar-refractivity contribution in [2.45, 2.75) is 20.4 Å². The van der Waals surface area contributed by atoms with Crippen LogP contribution >= 0.6 is 0 Å². The van der Waals surface area contributed by atoms with Gasteiger partial charge in [-0.1, -0.05) is 18.2 Å². The predicted octanol–water partition coefficient (Wildman–Crippen LogP) is 2.76. The highest BCUT2D eigenvalue weighted by molar-refractivity contribution is 5.59. The smallest absolute Gasteiger partial charge is 0.156 e. The first-order valence-corrected chi connectivity index (χ1v) is 7.25. The average Bonchev–Trinajstić information content (AvgIpc) is 3.02. The molecule has 0 fully saturated rings. The largest absolute Gasteiger partial charge is 0.377 e. The van der Waals surface area contributed by atoms with Crippen LogP contribution in [0.3, 0.4) is 0 Å². The number of hydrogen-bond donors (Lipinski definition) is 1. The highest BCUT2D eigenvalue weighted by Crippen LogP contribution is 2.19. The van der Waals surface area contributed by atoms with Gasteiger partial charge in [0.2, 0.25) is 0 Å². The van der Waals surface area contributed by atoms with E-state index in [1.807, 2.05) is 54.8 Å². The summed E-state index contributed by atoms with van der Waals surface area (Å²) in [5, 5.41) is 20.7. The summed E-state index contributed by atoms with van der Waals surface area (Å²) in [6, 6.07) is 14.0. The topological polar surface area (TPSA) is 79.4 Å². The molecular weight excluding hydrogens is 288 g/mol. The summed E-state index contributed by atoms with van der Waals surface area (Å²) in [5.74, 6) is 0.771. The van der Waals surface area contributed by atoms with Gasteiger partial charge >= 0.3 is 0 Å². The lowest BCUT2D eigenvalue weighted by atomic mass is 10.1. The monoisotopic (exact) mass is 304 g/mol. The van der Waals surface area contributed by atoms with E-state index in [4.69, 9.17) is 0 Å². The number of nitrogens with one attached hydrogen (secondary N) is 1. The number of benzene rings is 1. The van der Waals surface area contributed by atoms with Crippen molar-refractivity contribution >= 4 is 5.69 Å². The number of pyridine rings is 1. The third-order valence-corrected chi connectivity index (χ3v) is 3.53. The van der Waals surface area contributed by atoms with Crippen molar-refractivity contribution in [3.05, 3.63) is 65.5 Å². The molecule has 0 aliphatic heterocycles. The Bertz CT molecular complexity index is 861. The Morgan fingerprint density at radius 2 is 2.00 bits per heavy atom. The molecule has 0 spiro atoms. The molecule has 6 heteroatoms. The molecule has 23 heavy (non-hydrogen) atoms. The molecule has 2 heterocycles. The minimum absolute atomic E-state index is 0.465. The molecule has 0 bridgehead atoms. The van der Waals surface area contributed by atoms with Crippen LogP contribution in [0.25, 0.3) is 5.69 Å². The molecular formula is C17H16N6. The normalized spacial score (nSPS) is 10.3. The third kappa shape index (κ3) is 3.04. The molecule has 1 N–H and O–H groups in total. The first-order chi connectivity index (χ1) is 11.2. The molecule has 0 saturated carbocycles. The number of aryl methyl sites for hydroxylation is 2. The number of hydrogen-bond acceptors (Lipinski definition) is 5. The first kappa shape index (κ1) is 14.7. The molecule has 2 aromatic heterocycles. The number of anilines is 1. The van der Waals surface area contributed by atoms with Gasteiger partial charge in [0.25, 0.3) is 0 Å². The Balaban J connectivity index is 1.86. The van der Waals surface area contributed by atoms with Crippen molar-refractivity contribution in [1.82, 2.24) is 19.7 Å². The van der Waals surface area contributed by atoms with Crippen molar-refractivity contribution in [3.8, 4) is 11.8 Å². The molecule has 3 aromatic rings. The van der Waals surface area contributed by atoms with Crippen LogP contribution in [-0.2, 0) is 6.54 Å². The fourth-order valence-corrected chi connectivity index (χ4v) is 2.47. The number of rotatable bonds is 4. The number of para-hydroxylation sites is 1. The van der Waals surface area contributed by atoms with Gasteiger partial charge in [-0.3, -0.25) is 9.55 Å². The lowest BCUT2D eigenvalue weighted by molar-refractivity contribution is 0.889. The van der Waals surface area contributed by atoms with Gasteiger partial charge in [0, 0.05) is 11.4 Å². The maximum Gasteiger partial charge on any atom is 0.156 e. The fourth-order valence-electron chi connectivity index (χ4n) is 2.47. The van der Waals surface area contributed by atoms with Gasteiger partial charge in [0.15, 0.2) is 5.82 Å². The van der Waals surface area contributed by atoms with Crippen LogP contribution < -0.4 is 5.32 Å². The van der Waals surface area contributed by atoms with E-state index < -0.39 is 0 Å². The van der Waals surface area contributed by atoms with Gasteiger partial charge in [0.05, 0.1) is 23.5 Å². The SMILES string of the molecule is Cc1cc(NCc2nncn2-c2ccccc2)c(C#N)c(C)n1. The molecule has 0 atom stereocenters. The highest BCUT2D eigenvalue weighted by atomic mass is 15.3. The van der Waals surface area contributed by atoms with Crippen molar-refractivity contribution in [2.75, 3.05) is 5.32 Å². The average molecular weight is 304 g/mol. The van der Waals surface area contributed by atoms with E-state index >= 15 is 0 Å². The second kappa shape index (κ2) is 6.28. The Morgan fingerprint density at radius 1 is 1.22 bits per heavy atom. The van der Waals surface area contributed by atoms with E-state index in [0.29, 0.717) is 12.1 Å². The van der Waals surface area contributed by atoms with Crippen LogP contribution in [0.4, 0.5) is 5.69 Å². The number of nitrogens with zero attached hydrogens (tertiary/aromatic N) is 5. The summed E-state index contributed by atoms with van der Waals surface area (Å²) in [5.41, 5.74) is 3.91. The third-order valence-electron chi connectivity index (χ3n) is 3.53. The molecule has 0 radical (unpaired) electrons. The quantitative estimate of drug-likeness (QED) is 0.801. The zero-order chi connectivity index (χ0) is 16.2. The molecule has 114 valence electrons. The van der Waals surface area contributed by atoms with Gasteiger partial charge in [-0.05, 0) is 32.0 Å². The second-order valence-electron chi connectivity index (χ2n) is 5.19. The highest BCUT2D eigenvalue weighted by Gasteiger charge is 2.10. The molecule has 0 aliphatic carbocycles. The Morgan fingerprint density at radius 3 is 2.74 bits per heavy atom. The van der Waals surface area contributed by atoms with Crippen LogP contribution in [0.2, 0.25) is 0 Å². The summed E-state index contributed by atoms with van der Waals surface area (Å²) in [6.07, 6.45) is 1.68. The minimum atomic E-state index is 0.465. The summed E-state index contributed by atoms with van der Waals surface area (Å²) in [6.45, 7) is 4.21. The van der Waals surface area contributed by atoms with E-state index in [9.17, 15) is 5.26 Å². The van der Waals surface area contributed by atoms with Crippen molar-refractivity contribution in [1.29, 1.82) is 5.26 Å². The zero-order valence-electron chi connectivity index (χ0n) is 13.0. The molecule has 0 saturated heterocycles. The fraction of sp³-hybridized carbons (Fsp3) is 0.176. The molecule has 0 amide bonds. The Hall–Kier alpha value is -3.20. The van der Waals surface area contributed by atoms with Crippen molar-refractivity contribution in [3.63, 3.8) is 0 Å². The van der Waals surface area contributed by atoms with Crippen LogP contribution in [0, 0.1) is 25.2 Å². The summed E-state index contributed by atoms with van der Waals surface area (Å²) < 4.78 is 1.92. The molecule has 3 rings (SSSR count). The Kier molecular flexibility index (Phi) is 4.02. The zero-order valence-corrected chi connectivity index (χ0v) is 13.0.